The molecule has 3 aromatic rings. The first-order chi connectivity index (χ1) is 12.7. The van der Waals surface area contributed by atoms with Gasteiger partial charge in [0.15, 0.2) is 11.6 Å². The highest BCUT2D eigenvalue weighted by Crippen LogP contribution is 2.44. The van der Waals surface area contributed by atoms with E-state index in [1.165, 1.54) is 19.2 Å². The highest BCUT2D eigenvalue weighted by molar-refractivity contribution is 5.99. The number of methoxy groups -OCH3 is 1. The van der Waals surface area contributed by atoms with Gasteiger partial charge in [0.05, 0.1) is 13.0 Å². The first-order valence-electron chi connectivity index (χ1n) is 8.17. The summed E-state index contributed by atoms with van der Waals surface area (Å²) in [6.45, 7) is 0. The van der Waals surface area contributed by atoms with Crippen LogP contribution in [0.4, 0.5) is 10.1 Å². The smallest absolute Gasteiger partial charge is 0.236 e. The zero-order chi connectivity index (χ0) is 18.1. The van der Waals surface area contributed by atoms with E-state index in [1.54, 1.807) is 6.07 Å². The van der Waals surface area contributed by atoms with Gasteiger partial charge in [-0.2, -0.15) is 0 Å². The molecule has 1 heterocycles. The lowest BCUT2D eigenvalue weighted by Crippen LogP contribution is -2.25. The van der Waals surface area contributed by atoms with Gasteiger partial charge in [-0.15, -0.1) is 0 Å². The van der Waals surface area contributed by atoms with Gasteiger partial charge in [-0.3, -0.25) is 4.79 Å². The van der Waals surface area contributed by atoms with Gasteiger partial charge in [0.2, 0.25) is 5.91 Å². The Labute approximate surface area is 150 Å². The molecule has 1 amide bonds. The number of fused-ring (bicyclic) bond motifs is 2. The van der Waals surface area contributed by atoms with Crippen molar-refractivity contribution in [3.05, 3.63) is 83.7 Å². The molecule has 4 rings (SSSR count). The summed E-state index contributed by atoms with van der Waals surface area (Å²) in [5.41, 5.74) is 1.92. The maximum atomic E-state index is 13.9. The lowest BCUT2D eigenvalue weighted by atomic mass is 9.87. The van der Waals surface area contributed by atoms with E-state index in [1.807, 2.05) is 48.5 Å². The molecule has 0 unspecified atom stereocenters. The molecular weight excluding hydrogens is 333 g/mol. The Morgan fingerprint density at radius 1 is 1.00 bits per heavy atom. The molecule has 1 N–H and O–H groups in total. The summed E-state index contributed by atoms with van der Waals surface area (Å²) in [5, 5.41) is 2.80. The zero-order valence-corrected chi connectivity index (χ0v) is 14.0. The molecule has 0 aliphatic carbocycles. The minimum absolute atomic E-state index is 0.129. The second kappa shape index (κ2) is 6.52. The normalized spacial score (nSPS) is 12.5. The number of amides is 1. The van der Waals surface area contributed by atoms with Gasteiger partial charge in [0.1, 0.15) is 11.5 Å². The van der Waals surface area contributed by atoms with E-state index in [0.29, 0.717) is 17.2 Å². The molecule has 0 bridgehead atoms. The number of hydrogen-bond acceptors (Lipinski definition) is 3. The van der Waals surface area contributed by atoms with Crippen molar-refractivity contribution in [1.82, 2.24) is 0 Å². The summed E-state index contributed by atoms with van der Waals surface area (Å²) in [7, 11) is 1.40. The Morgan fingerprint density at radius 3 is 2.19 bits per heavy atom. The van der Waals surface area contributed by atoms with Crippen molar-refractivity contribution >= 4 is 11.6 Å². The van der Waals surface area contributed by atoms with Crippen LogP contribution in [0.15, 0.2) is 66.7 Å². The SMILES string of the molecule is COc1ccc(NC(=O)C2c3ccccc3Oc3ccccc32)cc1F. The molecule has 26 heavy (non-hydrogen) atoms. The van der Waals surface area contributed by atoms with Crippen molar-refractivity contribution in [2.24, 2.45) is 0 Å². The Morgan fingerprint density at radius 2 is 1.62 bits per heavy atom. The monoisotopic (exact) mass is 349 g/mol. The van der Waals surface area contributed by atoms with Gasteiger partial charge in [-0.25, -0.2) is 4.39 Å². The molecule has 3 aromatic carbocycles. The zero-order valence-electron chi connectivity index (χ0n) is 14.0. The number of ether oxygens (including phenoxy) is 2. The van der Waals surface area contributed by atoms with Crippen LogP contribution >= 0.6 is 0 Å². The van der Waals surface area contributed by atoms with Crippen molar-refractivity contribution < 1.29 is 18.7 Å². The van der Waals surface area contributed by atoms with Gasteiger partial charge in [0, 0.05) is 22.9 Å². The summed E-state index contributed by atoms with van der Waals surface area (Å²) < 4.78 is 24.7. The van der Waals surface area contributed by atoms with Gasteiger partial charge < -0.3 is 14.8 Å². The third kappa shape index (κ3) is 2.77. The summed E-state index contributed by atoms with van der Waals surface area (Å²) in [6, 6.07) is 19.2. The van der Waals surface area contributed by atoms with Crippen molar-refractivity contribution in [2.45, 2.75) is 5.92 Å². The van der Waals surface area contributed by atoms with E-state index in [-0.39, 0.29) is 11.7 Å². The van der Waals surface area contributed by atoms with Crippen molar-refractivity contribution in [3.63, 3.8) is 0 Å². The summed E-state index contributed by atoms with van der Waals surface area (Å²) in [5.74, 6) is 0.0986. The van der Waals surface area contributed by atoms with Crippen LogP contribution in [-0.4, -0.2) is 13.0 Å². The molecular formula is C21H16FNO3. The van der Waals surface area contributed by atoms with Crippen molar-refractivity contribution in [2.75, 3.05) is 12.4 Å². The maximum absolute atomic E-state index is 13.9. The first kappa shape index (κ1) is 16.1. The lowest BCUT2D eigenvalue weighted by Gasteiger charge is -2.27. The molecule has 0 saturated heterocycles. The molecule has 1 aliphatic heterocycles. The molecule has 1 aliphatic rings. The average Bonchev–Trinajstić information content (AvgIpc) is 2.66. The molecule has 0 atom stereocenters. The second-order valence-corrected chi connectivity index (χ2v) is 5.95. The van der Waals surface area contributed by atoms with E-state index in [0.717, 1.165) is 11.1 Å². The maximum Gasteiger partial charge on any atom is 0.236 e. The van der Waals surface area contributed by atoms with Crippen LogP contribution in [0, 0.1) is 5.82 Å². The minimum atomic E-state index is -0.540. The summed E-state index contributed by atoms with van der Waals surface area (Å²) in [6.07, 6.45) is 0. The highest BCUT2D eigenvalue weighted by atomic mass is 19.1. The predicted octanol–water partition coefficient (Wildman–Crippen LogP) is 4.71. The Bertz CT molecular complexity index is 941. The fourth-order valence-electron chi connectivity index (χ4n) is 3.15. The number of anilines is 1. The van der Waals surface area contributed by atoms with E-state index >= 15 is 0 Å². The topological polar surface area (TPSA) is 47.6 Å². The van der Waals surface area contributed by atoms with Gasteiger partial charge in [-0.05, 0) is 24.3 Å². The van der Waals surface area contributed by atoms with Crippen LogP contribution in [-0.2, 0) is 4.79 Å². The van der Waals surface area contributed by atoms with Crippen LogP contribution in [0.1, 0.15) is 17.0 Å². The van der Waals surface area contributed by atoms with Crippen LogP contribution in [0.3, 0.4) is 0 Å². The molecule has 0 aromatic heterocycles. The molecule has 4 nitrogen and oxygen atoms in total. The Hall–Kier alpha value is -3.34. The van der Waals surface area contributed by atoms with Gasteiger partial charge in [-0.1, -0.05) is 36.4 Å². The van der Waals surface area contributed by atoms with Crippen LogP contribution in [0.25, 0.3) is 0 Å². The van der Waals surface area contributed by atoms with Crippen molar-refractivity contribution in [1.29, 1.82) is 0 Å². The number of rotatable bonds is 3. The second-order valence-electron chi connectivity index (χ2n) is 5.95. The fourth-order valence-corrected chi connectivity index (χ4v) is 3.15. The quantitative estimate of drug-likeness (QED) is 0.745. The van der Waals surface area contributed by atoms with Crippen LogP contribution in [0.2, 0.25) is 0 Å². The number of hydrogen-bond donors (Lipinski definition) is 1. The third-order valence-corrected chi connectivity index (χ3v) is 4.36. The lowest BCUT2D eigenvalue weighted by molar-refractivity contribution is -0.116. The Kier molecular flexibility index (Phi) is 4.05. The number of benzene rings is 3. The molecule has 0 spiro atoms. The molecule has 0 saturated carbocycles. The van der Waals surface area contributed by atoms with E-state index in [2.05, 4.69) is 5.32 Å². The molecule has 0 radical (unpaired) electrons. The minimum Gasteiger partial charge on any atom is -0.494 e. The van der Waals surface area contributed by atoms with Crippen LogP contribution < -0.4 is 14.8 Å². The molecule has 130 valence electrons. The van der Waals surface area contributed by atoms with E-state index in [9.17, 15) is 9.18 Å². The first-order valence-corrected chi connectivity index (χ1v) is 8.17. The fraction of sp³-hybridized carbons (Fsp3) is 0.0952. The largest absolute Gasteiger partial charge is 0.494 e. The number of nitrogens with one attached hydrogen (secondary N) is 1. The van der Waals surface area contributed by atoms with Gasteiger partial charge in [0.25, 0.3) is 0 Å². The standard InChI is InChI=1S/C21H16FNO3/c1-25-19-11-10-13(12-16(19)22)23-21(24)20-14-6-2-4-8-17(14)26-18-9-5-3-7-15(18)20/h2-12,20H,1H3,(H,23,24). The summed E-state index contributed by atoms with van der Waals surface area (Å²) >= 11 is 0. The number of halogens is 1. The third-order valence-electron chi connectivity index (χ3n) is 4.36. The van der Waals surface area contributed by atoms with E-state index < -0.39 is 11.7 Å². The number of carbonyl (C=O) groups is 1. The summed E-state index contributed by atoms with van der Waals surface area (Å²) in [4.78, 5) is 13.0. The molecule has 5 heteroatoms. The number of carbonyl (C=O) groups excluding carboxylic acids is 1. The van der Waals surface area contributed by atoms with E-state index in [4.69, 9.17) is 9.47 Å². The molecule has 0 fully saturated rings. The van der Waals surface area contributed by atoms with Gasteiger partial charge >= 0.3 is 0 Å². The predicted molar refractivity (Wildman–Crippen MR) is 96.4 cm³/mol. The Balaban J connectivity index is 1.71. The average molecular weight is 349 g/mol. The van der Waals surface area contributed by atoms with Crippen LogP contribution in [0.5, 0.6) is 17.2 Å². The highest BCUT2D eigenvalue weighted by Gasteiger charge is 2.32. The number of para-hydroxylation sites is 2. The van der Waals surface area contributed by atoms with Crippen molar-refractivity contribution in [3.8, 4) is 17.2 Å².